The predicted molar refractivity (Wildman–Crippen MR) is 152 cm³/mol. The van der Waals surface area contributed by atoms with Crippen LogP contribution in [0.25, 0.3) is 21.5 Å². The van der Waals surface area contributed by atoms with Crippen molar-refractivity contribution in [3.8, 4) is 11.4 Å². The van der Waals surface area contributed by atoms with E-state index in [9.17, 15) is 25.0 Å². The maximum absolute atomic E-state index is 12.7. The Hall–Kier alpha value is -4.95. The number of nitrogens with zero attached hydrogens (tertiary/aromatic N) is 6. The van der Waals surface area contributed by atoms with Crippen LogP contribution in [-0.4, -0.2) is 36.7 Å². The Morgan fingerprint density at radius 2 is 1.75 bits per heavy atom. The molecule has 0 aliphatic rings. The summed E-state index contributed by atoms with van der Waals surface area (Å²) in [5, 5.41) is 36.3. The summed E-state index contributed by atoms with van der Waals surface area (Å²) in [6.45, 7) is 2.57. The Morgan fingerprint density at radius 3 is 2.48 bits per heavy atom. The number of hydrazone groups is 1. The van der Waals surface area contributed by atoms with Gasteiger partial charge in [0.05, 0.1) is 20.9 Å². The predicted octanol–water partition coefficient (Wildman–Crippen LogP) is 5.91. The molecule has 0 unspecified atom stereocenters. The number of carbonyl (C=O) groups excluding carboxylic acids is 1. The van der Waals surface area contributed by atoms with Crippen molar-refractivity contribution in [2.24, 2.45) is 5.10 Å². The average molecular weight is 574 g/mol. The first-order valence-corrected chi connectivity index (χ1v) is 13.4. The first-order chi connectivity index (χ1) is 19.3. The number of nitrogens with one attached hydrogen (secondary N) is 1. The topological polar surface area (TPSA) is 158 Å². The molecule has 3 aromatic carbocycles. The summed E-state index contributed by atoms with van der Waals surface area (Å²) < 4.78 is 2.66. The summed E-state index contributed by atoms with van der Waals surface area (Å²) in [5.74, 6) is 0.182. The van der Waals surface area contributed by atoms with E-state index in [-0.39, 0.29) is 11.4 Å². The molecule has 14 heteroatoms. The number of hydrogen-bond donors (Lipinski definition) is 1. The normalized spacial score (nSPS) is 11.2. The van der Waals surface area contributed by atoms with E-state index in [0.717, 1.165) is 5.56 Å². The number of benzene rings is 3. The van der Waals surface area contributed by atoms with Crippen molar-refractivity contribution < 1.29 is 14.6 Å². The zero-order chi connectivity index (χ0) is 28.2. The van der Waals surface area contributed by atoms with Gasteiger partial charge in [0.15, 0.2) is 11.0 Å². The number of thiophene rings is 1. The van der Waals surface area contributed by atoms with Crippen LogP contribution in [0.5, 0.6) is 0 Å². The molecule has 0 atom stereocenters. The van der Waals surface area contributed by atoms with Gasteiger partial charge in [0.25, 0.3) is 17.3 Å². The van der Waals surface area contributed by atoms with Crippen molar-refractivity contribution in [2.75, 3.05) is 0 Å². The van der Waals surface area contributed by atoms with E-state index in [2.05, 4.69) is 20.7 Å². The summed E-state index contributed by atoms with van der Waals surface area (Å²) in [6.07, 6.45) is 1.33. The van der Waals surface area contributed by atoms with E-state index in [4.69, 9.17) is 0 Å². The van der Waals surface area contributed by atoms with Gasteiger partial charge in [-0.1, -0.05) is 30.3 Å². The van der Waals surface area contributed by atoms with Crippen LogP contribution < -0.4 is 5.43 Å². The molecule has 5 rings (SSSR count). The Bertz CT molecular complexity index is 1780. The van der Waals surface area contributed by atoms with Gasteiger partial charge in [-0.3, -0.25) is 25.0 Å². The number of fused-ring (bicyclic) bond motifs is 1. The van der Waals surface area contributed by atoms with E-state index in [1.807, 2.05) is 41.8 Å². The largest absolute Gasteiger partial charge is 0.302 e. The van der Waals surface area contributed by atoms with Crippen molar-refractivity contribution in [2.45, 2.75) is 23.5 Å². The molecule has 0 fully saturated rings. The lowest BCUT2D eigenvalue weighted by atomic mass is 10.2. The fraction of sp³-hybridized carbons (Fsp3) is 0.0769. The molecule has 12 nitrogen and oxygen atoms in total. The monoisotopic (exact) mass is 573 g/mol. The van der Waals surface area contributed by atoms with Gasteiger partial charge in [0.2, 0.25) is 0 Å². The Morgan fingerprint density at radius 1 is 1.02 bits per heavy atom. The van der Waals surface area contributed by atoms with Gasteiger partial charge < -0.3 is 4.57 Å². The van der Waals surface area contributed by atoms with Crippen LogP contribution in [0.2, 0.25) is 0 Å². The third kappa shape index (κ3) is 5.57. The molecular weight excluding hydrogens is 554 g/mol. The van der Waals surface area contributed by atoms with Crippen LogP contribution >= 0.6 is 23.1 Å². The Kier molecular flexibility index (Phi) is 7.61. The molecule has 1 N–H and O–H groups in total. The van der Waals surface area contributed by atoms with Gasteiger partial charge >= 0.3 is 0 Å². The zero-order valence-corrected chi connectivity index (χ0v) is 22.4. The lowest BCUT2D eigenvalue weighted by Gasteiger charge is -2.09. The van der Waals surface area contributed by atoms with Gasteiger partial charge in [-0.15, -0.1) is 21.5 Å². The first-order valence-electron chi connectivity index (χ1n) is 11.8. The SMILES string of the molecule is CCn1c(Sc2ccc([N+](=O)[O-])cc2/C=N/NC(=O)c2cc3cc([N+](=O)[O-])ccc3s2)nnc1-c1ccccc1. The minimum absolute atomic E-state index is 0.0687. The van der Waals surface area contributed by atoms with Crippen LogP contribution in [0.15, 0.2) is 87.9 Å². The molecule has 5 aromatic rings. The van der Waals surface area contributed by atoms with E-state index in [1.54, 1.807) is 18.2 Å². The average Bonchev–Trinajstić information content (AvgIpc) is 3.57. The van der Waals surface area contributed by atoms with Gasteiger partial charge in [-0.25, -0.2) is 5.43 Å². The summed E-state index contributed by atoms with van der Waals surface area (Å²) >= 11 is 2.44. The quantitative estimate of drug-likeness (QED) is 0.129. The maximum atomic E-state index is 12.7. The highest BCUT2D eigenvalue weighted by molar-refractivity contribution is 7.99. The third-order valence-electron chi connectivity index (χ3n) is 5.77. The van der Waals surface area contributed by atoms with Crippen LogP contribution in [-0.2, 0) is 6.54 Å². The molecule has 0 aliphatic carbocycles. The highest BCUT2D eigenvalue weighted by atomic mass is 32.2. The summed E-state index contributed by atoms with van der Waals surface area (Å²) in [5.41, 5.74) is 3.54. The van der Waals surface area contributed by atoms with Crippen LogP contribution in [0.4, 0.5) is 11.4 Å². The second-order valence-electron chi connectivity index (χ2n) is 8.29. The molecule has 0 spiro atoms. The van der Waals surface area contributed by atoms with Gasteiger partial charge in [0.1, 0.15) is 0 Å². The standard InChI is InChI=1S/C26H19N7O5S2/c1-2-31-24(16-6-4-3-5-7-16)28-30-26(31)40-22-11-9-20(33(37)38)13-18(22)15-27-29-25(34)23-14-17-12-19(32(35)36)8-10-21(17)39-23/h3-15H,2H2,1H3,(H,29,34)/b27-15+. The van der Waals surface area contributed by atoms with E-state index in [0.29, 0.717) is 42.9 Å². The van der Waals surface area contributed by atoms with E-state index < -0.39 is 15.8 Å². The highest BCUT2D eigenvalue weighted by Gasteiger charge is 2.18. The molecule has 40 heavy (non-hydrogen) atoms. The van der Waals surface area contributed by atoms with Crippen molar-refractivity contribution in [3.05, 3.63) is 103 Å². The molecule has 0 saturated heterocycles. The molecule has 0 saturated carbocycles. The van der Waals surface area contributed by atoms with Gasteiger partial charge in [-0.2, -0.15) is 5.10 Å². The lowest BCUT2D eigenvalue weighted by molar-refractivity contribution is -0.385. The fourth-order valence-corrected chi connectivity index (χ4v) is 5.77. The highest BCUT2D eigenvalue weighted by Crippen LogP contribution is 2.33. The molecular formula is C26H19N7O5S2. The second-order valence-corrected chi connectivity index (χ2v) is 10.4. The van der Waals surface area contributed by atoms with Crippen LogP contribution in [0.1, 0.15) is 22.2 Å². The Labute approximate surface area is 234 Å². The smallest absolute Gasteiger partial charge is 0.281 e. The number of rotatable bonds is 9. The summed E-state index contributed by atoms with van der Waals surface area (Å²) in [6, 6.07) is 19.9. The van der Waals surface area contributed by atoms with Crippen molar-refractivity contribution in [3.63, 3.8) is 0 Å². The fourth-order valence-electron chi connectivity index (χ4n) is 3.86. The van der Waals surface area contributed by atoms with Gasteiger partial charge in [-0.05, 0) is 36.9 Å². The minimum Gasteiger partial charge on any atom is -0.302 e. The Balaban J connectivity index is 1.39. The molecule has 0 aliphatic heterocycles. The number of amides is 1. The van der Waals surface area contributed by atoms with Crippen molar-refractivity contribution in [1.29, 1.82) is 0 Å². The molecule has 200 valence electrons. The third-order valence-corrected chi connectivity index (χ3v) is 7.97. The van der Waals surface area contributed by atoms with Crippen LogP contribution in [0.3, 0.4) is 0 Å². The summed E-state index contributed by atoms with van der Waals surface area (Å²) in [4.78, 5) is 35.1. The van der Waals surface area contributed by atoms with Crippen molar-refractivity contribution in [1.82, 2.24) is 20.2 Å². The number of carbonyl (C=O) groups is 1. The van der Waals surface area contributed by atoms with E-state index >= 15 is 0 Å². The molecule has 2 heterocycles. The van der Waals surface area contributed by atoms with Crippen molar-refractivity contribution >= 4 is 56.7 Å². The minimum atomic E-state index is -0.516. The van der Waals surface area contributed by atoms with Gasteiger partial charge in [0, 0.05) is 56.9 Å². The number of nitro benzene ring substituents is 2. The maximum Gasteiger partial charge on any atom is 0.281 e. The molecule has 0 radical (unpaired) electrons. The number of non-ortho nitro benzene ring substituents is 2. The molecule has 1 amide bonds. The van der Waals surface area contributed by atoms with Crippen LogP contribution in [0, 0.1) is 20.2 Å². The first kappa shape index (κ1) is 26.6. The second kappa shape index (κ2) is 11.4. The summed E-state index contributed by atoms with van der Waals surface area (Å²) in [7, 11) is 0. The number of nitro groups is 2. The van der Waals surface area contributed by atoms with E-state index in [1.165, 1.54) is 53.6 Å². The lowest BCUT2D eigenvalue weighted by Crippen LogP contribution is -2.16. The molecule has 2 aromatic heterocycles. The number of aromatic nitrogens is 3. The molecule has 0 bridgehead atoms. The number of hydrogen-bond acceptors (Lipinski definition) is 10. The zero-order valence-electron chi connectivity index (χ0n) is 20.8.